The number of hydrogen-bond acceptors (Lipinski definition) is 6. The minimum atomic E-state index is -1.14. The molecule has 3 N–H and O–H groups in total. The van der Waals surface area contributed by atoms with Crippen molar-refractivity contribution in [2.24, 2.45) is 0 Å². The van der Waals surface area contributed by atoms with Gasteiger partial charge in [-0.05, 0) is 38.2 Å². The van der Waals surface area contributed by atoms with Gasteiger partial charge in [-0.3, -0.25) is 14.9 Å². The first-order valence-electron chi connectivity index (χ1n) is 7.99. The van der Waals surface area contributed by atoms with Gasteiger partial charge in [0.15, 0.2) is 6.10 Å². The van der Waals surface area contributed by atoms with Crippen LogP contribution in [-0.4, -0.2) is 37.0 Å². The molecule has 0 fully saturated rings. The maximum atomic E-state index is 12.6. The van der Waals surface area contributed by atoms with Gasteiger partial charge in [0.25, 0.3) is 5.91 Å². The van der Waals surface area contributed by atoms with Crippen LogP contribution in [0.25, 0.3) is 0 Å². The van der Waals surface area contributed by atoms with E-state index in [1.54, 1.807) is 0 Å². The van der Waals surface area contributed by atoms with E-state index in [4.69, 9.17) is 4.74 Å². The Morgan fingerprint density at radius 3 is 2.48 bits per heavy atom. The number of esters is 1. The number of fused-ring (bicyclic) bond motifs is 1. The molecule has 8 nitrogen and oxygen atoms in total. The zero-order valence-electron chi connectivity index (χ0n) is 14.4. The maximum Gasteiger partial charge on any atom is 0.342 e. The molecule has 1 atom stereocenters. The summed E-state index contributed by atoms with van der Waals surface area (Å²) in [4.78, 5) is 48.1. The third-order valence-corrected chi connectivity index (χ3v) is 4.99. The minimum Gasteiger partial charge on any atom is -0.449 e. The summed E-state index contributed by atoms with van der Waals surface area (Å²) in [6.45, 7) is 2.75. The van der Waals surface area contributed by atoms with Gasteiger partial charge in [-0.2, -0.15) is 0 Å². The van der Waals surface area contributed by atoms with Gasteiger partial charge >= 0.3 is 12.0 Å². The Labute approximate surface area is 149 Å². The second-order valence-corrected chi connectivity index (χ2v) is 6.82. The number of ether oxygens (including phenoxy) is 1. The Kier molecular flexibility index (Phi) is 6.13. The molecule has 4 amide bonds. The first-order valence-corrected chi connectivity index (χ1v) is 8.80. The zero-order valence-corrected chi connectivity index (χ0v) is 15.2. The number of urea groups is 1. The zero-order chi connectivity index (χ0) is 18.6. The predicted octanol–water partition coefficient (Wildman–Crippen LogP) is 1.59. The van der Waals surface area contributed by atoms with Crippen LogP contribution in [0.5, 0.6) is 0 Å². The monoisotopic (exact) mass is 367 g/mol. The molecule has 9 heteroatoms. The summed E-state index contributed by atoms with van der Waals surface area (Å²) in [6.07, 6.45) is 2.43. The summed E-state index contributed by atoms with van der Waals surface area (Å²) in [5.41, 5.74) is 1.19. The second kappa shape index (κ2) is 8.11. The number of nitrogens with one attached hydrogen (secondary N) is 3. The van der Waals surface area contributed by atoms with Crippen molar-refractivity contribution in [3.63, 3.8) is 0 Å². The van der Waals surface area contributed by atoms with E-state index in [2.05, 4.69) is 16.0 Å². The van der Waals surface area contributed by atoms with Crippen molar-refractivity contribution in [1.82, 2.24) is 10.6 Å². The first kappa shape index (κ1) is 18.9. The molecule has 1 unspecified atom stereocenters. The fourth-order valence-electron chi connectivity index (χ4n) is 2.58. The fraction of sp³-hybridized carbons (Fsp3) is 0.500. The van der Waals surface area contributed by atoms with Gasteiger partial charge in [0.1, 0.15) is 5.00 Å². The number of amides is 4. The van der Waals surface area contributed by atoms with E-state index in [0.29, 0.717) is 10.6 Å². The number of hydrogen-bond donors (Lipinski definition) is 3. The van der Waals surface area contributed by atoms with Gasteiger partial charge in [-0.1, -0.05) is 0 Å². The lowest BCUT2D eigenvalue weighted by Crippen LogP contribution is -2.43. The summed E-state index contributed by atoms with van der Waals surface area (Å²) >= 11 is 1.37. The highest BCUT2D eigenvalue weighted by Gasteiger charge is 2.29. The second-order valence-electron chi connectivity index (χ2n) is 5.71. The molecule has 0 spiro atoms. The molecule has 0 saturated heterocycles. The number of anilines is 1. The number of carbonyl (C=O) groups is 4. The smallest absolute Gasteiger partial charge is 0.342 e. The van der Waals surface area contributed by atoms with Crippen LogP contribution in [0, 0.1) is 0 Å². The summed E-state index contributed by atoms with van der Waals surface area (Å²) in [7, 11) is 1.37. The highest BCUT2D eigenvalue weighted by atomic mass is 32.1. The first-order chi connectivity index (χ1) is 11.8. The van der Waals surface area contributed by atoms with Crippen LogP contribution >= 0.6 is 11.3 Å². The van der Waals surface area contributed by atoms with Crippen molar-refractivity contribution in [2.75, 3.05) is 12.4 Å². The van der Waals surface area contributed by atoms with Gasteiger partial charge < -0.3 is 15.4 Å². The van der Waals surface area contributed by atoms with Crippen molar-refractivity contribution in [3.05, 3.63) is 16.0 Å². The van der Waals surface area contributed by atoms with Crippen LogP contribution in [0.1, 0.15) is 47.5 Å². The van der Waals surface area contributed by atoms with Crippen LogP contribution in [0.15, 0.2) is 0 Å². The molecule has 1 aromatic rings. The molecule has 0 saturated carbocycles. The van der Waals surface area contributed by atoms with Crippen molar-refractivity contribution < 1.29 is 23.9 Å². The number of carbonyl (C=O) groups excluding carboxylic acids is 4. The van der Waals surface area contributed by atoms with Crippen molar-refractivity contribution >= 4 is 40.2 Å². The van der Waals surface area contributed by atoms with Gasteiger partial charge in [0, 0.05) is 18.8 Å². The largest absolute Gasteiger partial charge is 0.449 e. The van der Waals surface area contributed by atoms with Gasteiger partial charge in [0.2, 0.25) is 5.91 Å². The van der Waals surface area contributed by atoms with Crippen molar-refractivity contribution in [1.29, 1.82) is 0 Å². The molecule has 0 bridgehead atoms. The lowest BCUT2D eigenvalue weighted by Gasteiger charge is -2.15. The molecule has 1 aliphatic carbocycles. The van der Waals surface area contributed by atoms with E-state index in [1.165, 1.54) is 32.2 Å². The highest BCUT2D eigenvalue weighted by Crippen LogP contribution is 2.38. The molecular formula is C16H21N3O5S. The standard InChI is InChI=1S/C16H21N3O5S/c1-8(13(21)19-16(23)17-3)24-15(22)12-10-6-4-5-7-11(10)25-14(12)18-9(2)20/h8H,4-7H2,1-3H3,(H,18,20)(H2,17,19,21,23). The van der Waals surface area contributed by atoms with Gasteiger partial charge in [-0.15, -0.1) is 11.3 Å². The number of thiophene rings is 1. The highest BCUT2D eigenvalue weighted by molar-refractivity contribution is 7.17. The van der Waals surface area contributed by atoms with Gasteiger partial charge in [-0.25, -0.2) is 9.59 Å². The molecule has 1 heterocycles. The lowest BCUT2D eigenvalue weighted by atomic mass is 9.95. The molecule has 0 radical (unpaired) electrons. The average molecular weight is 367 g/mol. The molecule has 25 heavy (non-hydrogen) atoms. The third kappa shape index (κ3) is 4.56. The Balaban J connectivity index is 2.20. The van der Waals surface area contributed by atoms with E-state index in [1.807, 2.05) is 0 Å². The Morgan fingerprint density at radius 1 is 1.16 bits per heavy atom. The summed E-state index contributed by atoms with van der Waals surface area (Å²) in [5.74, 6) is -1.68. The Bertz CT molecular complexity index is 713. The fourth-order valence-corrected chi connectivity index (χ4v) is 3.90. The van der Waals surface area contributed by atoms with Crippen LogP contribution in [0.3, 0.4) is 0 Å². The number of imide groups is 1. The van der Waals surface area contributed by atoms with Crippen molar-refractivity contribution in [3.8, 4) is 0 Å². The molecule has 1 aliphatic rings. The van der Waals surface area contributed by atoms with Crippen LogP contribution in [0.2, 0.25) is 0 Å². The van der Waals surface area contributed by atoms with E-state index in [0.717, 1.165) is 36.1 Å². The average Bonchev–Trinajstić information content (AvgIpc) is 2.91. The molecule has 0 aliphatic heterocycles. The SMILES string of the molecule is CNC(=O)NC(=O)C(C)OC(=O)c1c(NC(C)=O)sc2c1CCCC2. The van der Waals surface area contributed by atoms with Crippen molar-refractivity contribution in [2.45, 2.75) is 45.6 Å². The van der Waals surface area contributed by atoms with E-state index >= 15 is 0 Å². The number of aryl methyl sites for hydroxylation is 1. The molecule has 1 aromatic heterocycles. The predicted molar refractivity (Wildman–Crippen MR) is 92.7 cm³/mol. The van der Waals surface area contributed by atoms with E-state index in [-0.39, 0.29) is 5.91 Å². The van der Waals surface area contributed by atoms with E-state index < -0.39 is 24.0 Å². The third-order valence-electron chi connectivity index (χ3n) is 3.78. The topological polar surface area (TPSA) is 114 Å². The van der Waals surface area contributed by atoms with Crippen LogP contribution in [0.4, 0.5) is 9.80 Å². The molecule has 0 aromatic carbocycles. The lowest BCUT2D eigenvalue weighted by molar-refractivity contribution is -0.127. The Hall–Kier alpha value is -2.42. The van der Waals surface area contributed by atoms with E-state index in [9.17, 15) is 19.2 Å². The summed E-state index contributed by atoms with van der Waals surface area (Å²) < 4.78 is 5.21. The molecule has 136 valence electrons. The summed E-state index contributed by atoms with van der Waals surface area (Å²) in [5, 5.41) is 7.42. The van der Waals surface area contributed by atoms with Gasteiger partial charge in [0.05, 0.1) is 5.56 Å². The Morgan fingerprint density at radius 2 is 1.84 bits per heavy atom. The maximum absolute atomic E-state index is 12.6. The quantitative estimate of drug-likeness (QED) is 0.699. The normalized spacial score (nSPS) is 14.0. The summed E-state index contributed by atoms with van der Waals surface area (Å²) in [6, 6.07) is -0.681. The minimum absolute atomic E-state index is 0.280. The molecular weight excluding hydrogens is 346 g/mol. The number of rotatable bonds is 4. The molecule has 2 rings (SSSR count). The van der Waals surface area contributed by atoms with Crippen LogP contribution < -0.4 is 16.0 Å². The van der Waals surface area contributed by atoms with Crippen LogP contribution in [-0.2, 0) is 27.2 Å².